The molecule has 3 atom stereocenters. The van der Waals surface area contributed by atoms with Crippen molar-refractivity contribution in [2.24, 2.45) is 23.6 Å². The lowest BCUT2D eigenvalue weighted by atomic mass is 9.84. The van der Waals surface area contributed by atoms with Crippen molar-refractivity contribution in [1.82, 2.24) is 5.43 Å². The molecule has 82 valence electrons. The van der Waals surface area contributed by atoms with Crippen molar-refractivity contribution in [3.05, 3.63) is 0 Å². The Morgan fingerprint density at radius 2 is 1.93 bits per heavy atom. The molecule has 0 heterocycles. The monoisotopic (exact) mass is 196 g/mol. The first-order chi connectivity index (χ1) is 6.81. The zero-order chi connectivity index (χ0) is 9.97. The molecule has 2 rings (SSSR count). The van der Waals surface area contributed by atoms with Gasteiger partial charge in [-0.15, -0.1) is 0 Å². The van der Waals surface area contributed by atoms with E-state index in [1.165, 1.54) is 44.9 Å². The van der Waals surface area contributed by atoms with Gasteiger partial charge in [0.2, 0.25) is 0 Å². The van der Waals surface area contributed by atoms with Gasteiger partial charge in [-0.2, -0.15) is 0 Å². The topological polar surface area (TPSA) is 38.0 Å². The molecule has 2 saturated carbocycles. The highest BCUT2D eigenvalue weighted by Gasteiger charge is 2.39. The summed E-state index contributed by atoms with van der Waals surface area (Å²) in [5.41, 5.74) is 3.04. The predicted octanol–water partition coefficient (Wildman–Crippen LogP) is 2.44. The van der Waals surface area contributed by atoms with Crippen LogP contribution < -0.4 is 11.3 Å². The molecule has 2 aliphatic carbocycles. The van der Waals surface area contributed by atoms with Gasteiger partial charge in [-0.05, 0) is 30.6 Å². The fraction of sp³-hybridized carbons (Fsp3) is 1.00. The summed E-state index contributed by atoms with van der Waals surface area (Å²) >= 11 is 0. The molecule has 3 unspecified atom stereocenters. The summed E-state index contributed by atoms with van der Waals surface area (Å²) in [7, 11) is 0. The van der Waals surface area contributed by atoms with Gasteiger partial charge in [-0.1, -0.05) is 39.0 Å². The Morgan fingerprint density at radius 1 is 1.29 bits per heavy atom. The quantitative estimate of drug-likeness (QED) is 0.535. The van der Waals surface area contributed by atoms with Gasteiger partial charge in [0.25, 0.3) is 0 Å². The van der Waals surface area contributed by atoms with E-state index in [0.29, 0.717) is 6.04 Å². The standard InChI is InChI=1S/C12H24N2/c1-9-7-11(9)12(14-13)8-10-5-3-2-4-6-10/h9-12,14H,2-8,13H2,1H3. The van der Waals surface area contributed by atoms with Crippen LogP contribution in [0.1, 0.15) is 51.9 Å². The summed E-state index contributed by atoms with van der Waals surface area (Å²) in [5.74, 6) is 8.39. The highest BCUT2D eigenvalue weighted by Crippen LogP contribution is 2.43. The fourth-order valence-corrected chi connectivity index (χ4v) is 3.06. The number of rotatable bonds is 4. The summed E-state index contributed by atoms with van der Waals surface area (Å²) in [6.07, 6.45) is 9.95. The number of nitrogens with two attached hydrogens (primary N) is 1. The molecular formula is C12H24N2. The highest BCUT2D eigenvalue weighted by molar-refractivity contribution is 4.92. The van der Waals surface area contributed by atoms with Crippen LogP contribution in [-0.2, 0) is 0 Å². The molecular weight excluding hydrogens is 172 g/mol. The van der Waals surface area contributed by atoms with E-state index in [4.69, 9.17) is 5.84 Å². The zero-order valence-corrected chi connectivity index (χ0v) is 9.34. The van der Waals surface area contributed by atoms with E-state index in [9.17, 15) is 0 Å². The lowest BCUT2D eigenvalue weighted by Crippen LogP contribution is -2.39. The van der Waals surface area contributed by atoms with E-state index in [1.807, 2.05) is 0 Å². The Morgan fingerprint density at radius 3 is 2.43 bits per heavy atom. The molecule has 2 heteroatoms. The summed E-state index contributed by atoms with van der Waals surface area (Å²) in [6, 6.07) is 0.605. The van der Waals surface area contributed by atoms with Crippen LogP contribution in [0.25, 0.3) is 0 Å². The van der Waals surface area contributed by atoms with Crippen molar-refractivity contribution in [1.29, 1.82) is 0 Å². The van der Waals surface area contributed by atoms with Gasteiger partial charge in [-0.3, -0.25) is 11.3 Å². The second kappa shape index (κ2) is 4.63. The maximum atomic E-state index is 5.64. The van der Waals surface area contributed by atoms with Crippen molar-refractivity contribution >= 4 is 0 Å². The van der Waals surface area contributed by atoms with Crippen molar-refractivity contribution in [2.75, 3.05) is 0 Å². The second-order valence-electron chi connectivity index (χ2n) is 5.39. The molecule has 0 spiro atoms. The summed E-state index contributed by atoms with van der Waals surface area (Å²) in [4.78, 5) is 0. The first-order valence-electron chi connectivity index (χ1n) is 6.27. The van der Waals surface area contributed by atoms with E-state index in [1.54, 1.807) is 0 Å². The van der Waals surface area contributed by atoms with Crippen LogP contribution >= 0.6 is 0 Å². The summed E-state index contributed by atoms with van der Waals surface area (Å²) in [6.45, 7) is 2.34. The van der Waals surface area contributed by atoms with Gasteiger partial charge in [-0.25, -0.2) is 0 Å². The van der Waals surface area contributed by atoms with E-state index in [0.717, 1.165) is 17.8 Å². The van der Waals surface area contributed by atoms with Gasteiger partial charge < -0.3 is 0 Å². The number of hydrazine groups is 1. The molecule has 0 saturated heterocycles. The van der Waals surface area contributed by atoms with Crippen molar-refractivity contribution in [2.45, 2.75) is 57.9 Å². The summed E-state index contributed by atoms with van der Waals surface area (Å²) < 4.78 is 0. The minimum Gasteiger partial charge on any atom is -0.271 e. The van der Waals surface area contributed by atoms with Gasteiger partial charge in [0.15, 0.2) is 0 Å². The van der Waals surface area contributed by atoms with Crippen LogP contribution in [0, 0.1) is 17.8 Å². The Hall–Kier alpha value is -0.0800. The Kier molecular flexibility index (Phi) is 3.45. The highest BCUT2D eigenvalue weighted by atomic mass is 15.2. The van der Waals surface area contributed by atoms with Crippen LogP contribution in [0.15, 0.2) is 0 Å². The maximum absolute atomic E-state index is 5.64. The first-order valence-corrected chi connectivity index (χ1v) is 6.27. The van der Waals surface area contributed by atoms with E-state index in [2.05, 4.69) is 12.3 Å². The average Bonchev–Trinajstić information content (AvgIpc) is 2.93. The minimum absolute atomic E-state index is 0.605. The van der Waals surface area contributed by atoms with Crippen LogP contribution in [-0.4, -0.2) is 6.04 Å². The number of nitrogens with one attached hydrogen (secondary N) is 1. The van der Waals surface area contributed by atoms with Crippen molar-refractivity contribution in [3.8, 4) is 0 Å². The van der Waals surface area contributed by atoms with Crippen molar-refractivity contribution < 1.29 is 0 Å². The zero-order valence-electron chi connectivity index (χ0n) is 9.34. The Labute approximate surface area is 87.6 Å². The third-order valence-corrected chi connectivity index (χ3v) is 4.21. The number of hydrogen-bond acceptors (Lipinski definition) is 2. The molecule has 0 aliphatic heterocycles. The molecule has 0 amide bonds. The predicted molar refractivity (Wildman–Crippen MR) is 59.6 cm³/mol. The average molecular weight is 196 g/mol. The molecule has 0 radical (unpaired) electrons. The fourth-order valence-electron chi connectivity index (χ4n) is 3.06. The van der Waals surface area contributed by atoms with E-state index >= 15 is 0 Å². The SMILES string of the molecule is CC1CC1C(CC1CCCCC1)NN. The van der Waals surface area contributed by atoms with E-state index < -0.39 is 0 Å². The van der Waals surface area contributed by atoms with E-state index in [-0.39, 0.29) is 0 Å². The largest absolute Gasteiger partial charge is 0.271 e. The molecule has 2 fully saturated rings. The van der Waals surface area contributed by atoms with Crippen LogP contribution in [0.3, 0.4) is 0 Å². The molecule has 3 N–H and O–H groups in total. The molecule has 2 aliphatic rings. The van der Waals surface area contributed by atoms with Crippen LogP contribution in [0.2, 0.25) is 0 Å². The molecule has 14 heavy (non-hydrogen) atoms. The third kappa shape index (κ3) is 2.48. The van der Waals surface area contributed by atoms with Gasteiger partial charge in [0, 0.05) is 6.04 Å². The van der Waals surface area contributed by atoms with Crippen LogP contribution in [0.5, 0.6) is 0 Å². The van der Waals surface area contributed by atoms with Crippen LogP contribution in [0.4, 0.5) is 0 Å². The minimum atomic E-state index is 0.605. The lowest BCUT2D eigenvalue weighted by molar-refractivity contribution is 0.281. The Bertz CT molecular complexity index is 175. The molecule has 0 aromatic carbocycles. The summed E-state index contributed by atoms with van der Waals surface area (Å²) in [5, 5.41) is 0. The second-order valence-corrected chi connectivity index (χ2v) is 5.39. The van der Waals surface area contributed by atoms with Crippen molar-refractivity contribution in [3.63, 3.8) is 0 Å². The molecule has 0 aromatic rings. The van der Waals surface area contributed by atoms with Gasteiger partial charge >= 0.3 is 0 Å². The third-order valence-electron chi connectivity index (χ3n) is 4.21. The maximum Gasteiger partial charge on any atom is 0.0244 e. The molecule has 2 nitrogen and oxygen atoms in total. The molecule has 0 bridgehead atoms. The first kappa shape index (κ1) is 10.4. The van der Waals surface area contributed by atoms with Gasteiger partial charge in [0.1, 0.15) is 0 Å². The smallest absolute Gasteiger partial charge is 0.0244 e. The normalized spacial score (nSPS) is 35.6. The van der Waals surface area contributed by atoms with Gasteiger partial charge in [0.05, 0.1) is 0 Å². The Balaban J connectivity index is 1.75. The lowest BCUT2D eigenvalue weighted by Gasteiger charge is -2.26. The molecule has 0 aromatic heterocycles. The number of hydrogen-bond donors (Lipinski definition) is 2.